The molecule has 9 heteroatoms. The zero-order valence-electron chi connectivity index (χ0n) is 9.92. The molecule has 0 saturated heterocycles. The monoisotopic (exact) mass is 385 g/mol. The summed E-state index contributed by atoms with van der Waals surface area (Å²) < 4.78 is 64.4. The lowest BCUT2D eigenvalue weighted by molar-refractivity contribution is -0.290. The molecule has 0 spiro atoms. The average Bonchev–Trinajstić information content (AvgIpc) is 2.86. The molecule has 0 amide bonds. The number of hydrogen-bond acceptors (Lipinski definition) is 3. The van der Waals surface area contributed by atoms with E-state index in [9.17, 15) is 26.7 Å². The van der Waals surface area contributed by atoms with Gasteiger partial charge in [0, 0.05) is 10.0 Å². The number of ketones is 1. The second kappa shape index (κ2) is 5.45. The fraction of sp³-hybridized carbons (Fsp3) is 0.167. The molecule has 1 heterocycles. The highest BCUT2D eigenvalue weighted by atomic mass is 79.9. The number of carbonyl (C=O) groups excluding carboxylic acids is 1. The van der Waals surface area contributed by atoms with Crippen LogP contribution in [0.15, 0.2) is 34.2 Å². The molecule has 1 aromatic heterocycles. The molecular weight excluding hydrogens is 381 g/mol. The minimum atomic E-state index is -5.81. The first-order valence-corrected chi connectivity index (χ1v) is 7.00. The predicted molar refractivity (Wildman–Crippen MR) is 69.6 cm³/mol. The number of benzene rings is 1. The van der Waals surface area contributed by atoms with Crippen LogP contribution < -0.4 is 0 Å². The molecule has 112 valence electrons. The zero-order chi connectivity index (χ0) is 15.8. The van der Waals surface area contributed by atoms with Crippen molar-refractivity contribution in [1.29, 1.82) is 0 Å². The Morgan fingerprint density at radius 2 is 1.86 bits per heavy atom. The standard InChI is InChI=1S/C12H5BrF5NOS/c13-7-3-1-2-6(4-7)8(20)9-10(19-5-21-9)11(14,15)12(16,17)18/h1-5H. The molecule has 1 aromatic carbocycles. The number of carbonyl (C=O) groups is 1. The smallest absolute Gasteiger partial charge is 0.288 e. The van der Waals surface area contributed by atoms with Crippen LogP contribution in [0.1, 0.15) is 20.9 Å². The van der Waals surface area contributed by atoms with Gasteiger partial charge in [-0.2, -0.15) is 22.0 Å². The Morgan fingerprint density at radius 3 is 2.43 bits per heavy atom. The summed E-state index contributed by atoms with van der Waals surface area (Å²) in [5.74, 6) is -6.11. The summed E-state index contributed by atoms with van der Waals surface area (Å²) in [6.07, 6.45) is -5.81. The SMILES string of the molecule is O=C(c1cccc(Br)c1)c1scnc1C(F)(F)C(F)(F)F. The molecule has 2 aromatic rings. The van der Waals surface area contributed by atoms with Crippen molar-refractivity contribution >= 4 is 33.0 Å². The van der Waals surface area contributed by atoms with Crippen LogP contribution >= 0.6 is 27.3 Å². The van der Waals surface area contributed by atoms with E-state index < -0.39 is 28.5 Å². The van der Waals surface area contributed by atoms with Crippen molar-refractivity contribution < 1.29 is 26.7 Å². The third-order valence-electron chi connectivity index (χ3n) is 2.51. The first-order valence-electron chi connectivity index (χ1n) is 5.33. The van der Waals surface area contributed by atoms with Crippen LogP contribution in [0.2, 0.25) is 0 Å². The molecule has 0 aliphatic heterocycles. The van der Waals surface area contributed by atoms with E-state index in [4.69, 9.17) is 0 Å². The summed E-state index contributed by atoms with van der Waals surface area (Å²) in [6.45, 7) is 0. The first kappa shape index (κ1) is 16.0. The van der Waals surface area contributed by atoms with Crippen LogP contribution in [0, 0.1) is 0 Å². The maximum absolute atomic E-state index is 13.4. The Balaban J connectivity index is 2.49. The second-order valence-corrected chi connectivity index (χ2v) is 5.71. The fourth-order valence-electron chi connectivity index (χ4n) is 1.53. The van der Waals surface area contributed by atoms with E-state index in [1.54, 1.807) is 6.07 Å². The van der Waals surface area contributed by atoms with Crippen LogP contribution in [0.25, 0.3) is 0 Å². The Morgan fingerprint density at radius 1 is 1.19 bits per heavy atom. The summed E-state index contributed by atoms with van der Waals surface area (Å²) in [7, 11) is 0. The van der Waals surface area contributed by atoms with Crippen molar-refractivity contribution in [1.82, 2.24) is 4.98 Å². The van der Waals surface area contributed by atoms with Crippen LogP contribution in [0.5, 0.6) is 0 Å². The molecule has 0 N–H and O–H groups in total. The minimum Gasteiger partial charge on any atom is -0.288 e. The van der Waals surface area contributed by atoms with Gasteiger partial charge in [0.25, 0.3) is 0 Å². The Labute approximate surface area is 127 Å². The molecule has 21 heavy (non-hydrogen) atoms. The van der Waals surface area contributed by atoms with Gasteiger partial charge in [-0.15, -0.1) is 11.3 Å². The van der Waals surface area contributed by atoms with Crippen molar-refractivity contribution in [2.75, 3.05) is 0 Å². The van der Waals surface area contributed by atoms with Gasteiger partial charge in [-0.05, 0) is 12.1 Å². The van der Waals surface area contributed by atoms with Crippen molar-refractivity contribution in [2.45, 2.75) is 12.1 Å². The van der Waals surface area contributed by atoms with Crippen LogP contribution in [-0.2, 0) is 5.92 Å². The van der Waals surface area contributed by atoms with Gasteiger partial charge >= 0.3 is 12.1 Å². The number of aromatic nitrogens is 1. The molecule has 0 saturated carbocycles. The van der Waals surface area contributed by atoms with Gasteiger partial charge < -0.3 is 0 Å². The summed E-state index contributed by atoms with van der Waals surface area (Å²) in [6, 6.07) is 5.72. The average molecular weight is 386 g/mol. The lowest BCUT2D eigenvalue weighted by Crippen LogP contribution is -2.35. The van der Waals surface area contributed by atoms with E-state index in [0.29, 0.717) is 15.8 Å². The van der Waals surface area contributed by atoms with E-state index in [0.717, 1.165) is 5.51 Å². The molecule has 0 aliphatic rings. The number of rotatable bonds is 3. The molecular formula is C12H5BrF5NOS. The van der Waals surface area contributed by atoms with Crippen molar-refractivity contribution in [3.8, 4) is 0 Å². The number of thiazole rings is 1. The van der Waals surface area contributed by atoms with Crippen LogP contribution in [0.4, 0.5) is 22.0 Å². The number of alkyl halides is 5. The van der Waals surface area contributed by atoms with Crippen molar-refractivity contribution in [3.63, 3.8) is 0 Å². The molecule has 0 bridgehead atoms. The zero-order valence-corrected chi connectivity index (χ0v) is 12.3. The van der Waals surface area contributed by atoms with Gasteiger partial charge in [0.05, 0.1) is 5.51 Å². The summed E-state index contributed by atoms with van der Waals surface area (Å²) in [4.78, 5) is 14.4. The van der Waals surface area contributed by atoms with Crippen molar-refractivity contribution in [2.24, 2.45) is 0 Å². The van der Waals surface area contributed by atoms with Crippen LogP contribution in [0.3, 0.4) is 0 Å². The first-order chi connectivity index (χ1) is 9.64. The third kappa shape index (κ3) is 2.98. The van der Waals surface area contributed by atoms with Gasteiger partial charge in [0.1, 0.15) is 10.6 Å². The Bertz CT molecular complexity index is 682. The quantitative estimate of drug-likeness (QED) is 0.561. The van der Waals surface area contributed by atoms with Gasteiger partial charge in [0.2, 0.25) is 5.78 Å². The van der Waals surface area contributed by atoms with Gasteiger partial charge in [-0.1, -0.05) is 28.1 Å². The summed E-state index contributed by atoms with van der Waals surface area (Å²) >= 11 is 3.54. The van der Waals surface area contributed by atoms with E-state index in [1.807, 2.05) is 0 Å². The van der Waals surface area contributed by atoms with E-state index >= 15 is 0 Å². The maximum atomic E-state index is 13.4. The van der Waals surface area contributed by atoms with Gasteiger partial charge in [-0.3, -0.25) is 4.79 Å². The number of halogens is 6. The molecule has 0 radical (unpaired) electrons. The summed E-state index contributed by atoms with van der Waals surface area (Å²) in [5.41, 5.74) is -0.780. The van der Waals surface area contributed by atoms with E-state index in [-0.39, 0.29) is 5.56 Å². The number of hydrogen-bond donors (Lipinski definition) is 0. The molecule has 0 aliphatic carbocycles. The fourth-order valence-corrected chi connectivity index (χ4v) is 2.71. The maximum Gasteiger partial charge on any atom is 0.459 e. The van der Waals surface area contributed by atoms with Gasteiger partial charge in [-0.25, -0.2) is 4.98 Å². The lowest BCUT2D eigenvalue weighted by atomic mass is 10.1. The van der Waals surface area contributed by atoms with E-state index in [1.165, 1.54) is 18.2 Å². The largest absolute Gasteiger partial charge is 0.459 e. The molecule has 0 atom stereocenters. The lowest BCUT2D eigenvalue weighted by Gasteiger charge is -2.18. The minimum absolute atomic E-state index is 0.00662. The second-order valence-electron chi connectivity index (χ2n) is 3.94. The molecule has 2 nitrogen and oxygen atoms in total. The van der Waals surface area contributed by atoms with Gasteiger partial charge in [0.15, 0.2) is 0 Å². The summed E-state index contributed by atoms with van der Waals surface area (Å²) in [5, 5.41) is 0. The predicted octanol–water partition coefficient (Wildman–Crippen LogP) is 4.79. The molecule has 0 fully saturated rings. The number of nitrogens with zero attached hydrogens (tertiary/aromatic N) is 1. The topological polar surface area (TPSA) is 30.0 Å². The Kier molecular flexibility index (Phi) is 4.16. The highest BCUT2D eigenvalue weighted by Gasteiger charge is 2.61. The molecule has 0 unspecified atom stereocenters. The normalized spacial score (nSPS) is 12.5. The highest BCUT2D eigenvalue weighted by Crippen LogP contribution is 2.45. The van der Waals surface area contributed by atoms with E-state index in [2.05, 4.69) is 20.9 Å². The van der Waals surface area contributed by atoms with Crippen molar-refractivity contribution in [3.05, 3.63) is 50.4 Å². The highest BCUT2D eigenvalue weighted by molar-refractivity contribution is 9.10. The van der Waals surface area contributed by atoms with Crippen LogP contribution in [-0.4, -0.2) is 16.9 Å². The Hall–Kier alpha value is -1.35. The molecule has 2 rings (SSSR count). The third-order valence-corrected chi connectivity index (χ3v) is 3.83.